The Balaban J connectivity index is 2.05. The molecule has 13 heavy (non-hydrogen) atoms. The van der Waals surface area contributed by atoms with Crippen molar-refractivity contribution in [1.82, 2.24) is 5.32 Å². The average Bonchev–Trinajstić information content (AvgIpc) is 2.15. The molecule has 0 radical (unpaired) electrons. The minimum absolute atomic E-state index is 0.825. The van der Waals surface area contributed by atoms with Crippen molar-refractivity contribution in [1.29, 1.82) is 0 Å². The lowest BCUT2D eigenvalue weighted by molar-refractivity contribution is 0.280. The summed E-state index contributed by atoms with van der Waals surface area (Å²) in [6, 6.07) is 0.825. The summed E-state index contributed by atoms with van der Waals surface area (Å²) in [5, 5.41) is 3.71. The van der Waals surface area contributed by atoms with Gasteiger partial charge in [-0.25, -0.2) is 0 Å². The van der Waals surface area contributed by atoms with Crippen LogP contribution in [0.5, 0.6) is 0 Å². The first-order valence-electron chi connectivity index (χ1n) is 6.08. The van der Waals surface area contributed by atoms with Crippen LogP contribution in [0.15, 0.2) is 0 Å². The molecule has 1 rings (SSSR count). The molecule has 1 heteroatoms. The van der Waals surface area contributed by atoms with Crippen LogP contribution in [0, 0.1) is 5.92 Å². The molecule has 1 aliphatic carbocycles. The van der Waals surface area contributed by atoms with Crippen molar-refractivity contribution in [2.24, 2.45) is 5.92 Å². The molecule has 0 aliphatic heterocycles. The van der Waals surface area contributed by atoms with Crippen molar-refractivity contribution < 1.29 is 0 Å². The Labute approximate surface area is 83.3 Å². The van der Waals surface area contributed by atoms with Gasteiger partial charge < -0.3 is 5.32 Å². The van der Waals surface area contributed by atoms with Crippen LogP contribution in [0.1, 0.15) is 58.8 Å². The summed E-state index contributed by atoms with van der Waals surface area (Å²) >= 11 is 0. The second-order valence-electron chi connectivity index (χ2n) is 4.53. The van der Waals surface area contributed by atoms with Crippen LogP contribution in [0.2, 0.25) is 0 Å². The average molecular weight is 183 g/mol. The summed E-state index contributed by atoms with van der Waals surface area (Å²) in [6.07, 6.45) is 9.82. The number of unbranched alkanes of at least 4 members (excludes halogenated alkanes) is 2. The summed E-state index contributed by atoms with van der Waals surface area (Å²) < 4.78 is 0. The van der Waals surface area contributed by atoms with Crippen molar-refractivity contribution in [2.75, 3.05) is 6.54 Å². The summed E-state index contributed by atoms with van der Waals surface area (Å²) in [5.41, 5.74) is 0. The Morgan fingerprint density at radius 2 is 1.92 bits per heavy atom. The molecule has 1 saturated carbocycles. The molecular formula is C12H25N. The van der Waals surface area contributed by atoms with E-state index in [1.807, 2.05) is 0 Å². The van der Waals surface area contributed by atoms with Crippen molar-refractivity contribution in [3.63, 3.8) is 0 Å². The van der Waals surface area contributed by atoms with E-state index in [0.29, 0.717) is 0 Å². The molecule has 0 heterocycles. The predicted octanol–water partition coefficient (Wildman–Crippen LogP) is 3.34. The Bertz CT molecular complexity index is 122. The molecule has 0 amide bonds. The Hall–Kier alpha value is -0.0400. The monoisotopic (exact) mass is 183 g/mol. The third-order valence-electron chi connectivity index (χ3n) is 3.30. The molecule has 0 aromatic carbocycles. The van der Waals surface area contributed by atoms with Crippen molar-refractivity contribution in [3.8, 4) is 0 Å². The van der Waals surface area contributed by atoms with E-state index in [2.05, 4.69) is 19.2 Å². The zero-order valence-electron chi connectivity index (χ0n) is 9.31. The molecule has 0 aromatic rings. The fourth-order valence-corrected chi connectivity index (χ4v) is 2.28. The Morgan fingerprint density at radius 1 is 1.15 bits per heavy atom. The fourth-order valence-electron chi connectivity index (χ4n) is 2.28. The largest absolute Gasteiger partial charge is 0.314 e. The Morgan fingerprint density at radius 3 is 2.62 bits per heavy atom. The van der Waals surface area contributed by atoms with Gasteiger partial charge in [0.25, 0.3) is 0 Å². The van der Waals surface area contributed by atoms with Crippen molar-refractivity contribution in [3.05, 3.63) is 0 Å². The van der Waals surface area contributed by atoms with Crippen LogP contribution in [-0.2, 0) is 0 Å². The zero-order valence-corrected chi connectivity index (χ0v) is 9.31. The van der Waals surface area contributed by atoms with Crippen LogP contribution >= 0.6 is 0 Å². The third-order valence-corrected chi connectivity index (χ3v) is 3.30. The Kier molecular flexibility index (Phi) is 5.45. The van der Waals surface area contributed by atoms with Gasteiger partial charge in [-0.05, 0) is 31.7 Å². The lowest BCUT2D eigenvalue weighted by atomic mass is 9.86. The predicted molar refractivity (Wildman–Crippen MR) is 58.9 cm³/mol. The van der Waals surface area contributed by atoms with E-state index < -0.39 is 0 Å². The van der Waals surface area contributed by atoms with Gasteiger partial charge in [-0.15, -0.1) is 0 Å². The number of hydrogen-bond donors (Lipinski definition) is 1. The van der Waals surface area contributed by atoms with Crippen LogP contribution in [0.4, 0.5) is 0 Å². The second kappa shape index (κ2) is 6.42. The fraction of sp³-hybridized carbons (Fsp3) is 1.00. The van der Waals surface area contributed by atoms with Gasteiger partial charge in [0.2, 0.25) is 0 Å². The zero-order chi connectivity index (χ0) is 9.52. The number of nitrogens with one attached hydrogen (secondary N) is 1. The van der Waals surface area contributed by atoms with E-state index in [9.17, 15) is 0 Å². The molecular weight excluding hydrogens is 158 g/mol. The molecule has 0 aromatic heterocycles. The van der Waals surface area contributed by atoms with E-state index in [1.165, 1.54) is 51.5 Å². The highest BCUT2D eigenvalue weighted by Gasteiger charge is 2.19. The van der Waals surface area contributed by atoms with E-state index in [4.69, 9.17) is 0 Å². The van der Waals surface area contributed by atoms with Gasteiger partial charge in [0.1, 0.15) is 0 Å². The smallest absolute Gasteiger partial charge is 0.00926 e. The summed E-state index contributed by atoms with van der Waals surface area (Å²) in [5.74, 6) is 0.912. The van der Waals surface area contributed by atoms with Gasteiger partial charge >= 0.3 is 0 Å². The van der Waals surface area contributed by atoms with Crippen molar-refractivity contribution >= 4 is 0 Å². The molecule has 1 N–H and O–H groups in total. The van der Waals surface area contributed by atoms with Gasteiger partial charge in [0.15, 0.2) is 0 Å². The highest BCUT2D eigenvalue weighted by atomic mass is 14.9. The molecule has 1 aliphatic rings. The molecule has 78 valence electrons. The molecule has 0 unspecified atom stereocenters. The lowest BCUT2D eigenvalue weighted by Crippen LogP contribution is -2.37. The maximum Gasteiger partial charge on any atom is 0.00926 e. The van der Waals surface area contributed by atoms with Gasteiger partial charge in [0.05, 0.1) is 0 Å². The van der Waals surface area contributed by atoms with Crippen LogP contribution < -0.4 is 5.32 Å². The first-order chi connectivity index (χ1) is 6.34. The number of rotatable bonds is 5. The molecule has 0 bridgehead atoms. The van der Waals surface area contributed by atoms with Crippen LogP contribution in [0.3, 0.4) is 0 Å². The van der Waals surface area contributed by atoms with E-state index in [0.717, 1.165) is 12.0 Å². The molecule has 1 nitrogen and oxygen atoms in total. The summed E-state index contributed by atoms with van der Waals surface area (Å²) in [7, 11) is 0. The lowest BCUT2D eigenvalue weighted by Gasteiger charge is -2.29. The van der Waals surface area contributed by atoms with E-state index >= 15 is 0 Å². The highest BCUT2D eigenvalue weighted by molar-refractivity contribution is 4.77. The first-order valence-corrected chi connectivity index (χ1v) is 6.08. The number of hydrogen-bond acceptors (Lipinski definition) is 1. The van der Waals surface area contributed by atoms with Crippen LogP contribution in [-0.4, -0.2) is 12.6 Å². The molecule has 0 spiro atoms. The maximum absolute atomic E-state index is 3.71. The van der Waals surface area contributed by atoms with Gasteiger partial charge in [0, 0.05) is 6.04 Å². The topological polar surface area (TPSA) is 12.0 Å². The van der Waals surface area contributed by atoms with Gasteiger partial charge in [-0.1, -0.05) is 39.5 Å². The minimum atomic E-state index is 0.825. The third kappa shape index (κ3) is 4.12. The normalized spacial score (nSPS) is 29.1. The summed E-state index contributed by atoms with van der Waals surface area (Å²) in [4.78, 5) is 0. The van der Waals surface area contributed by atoms with Gasteiger partial charge in [-0.2, -0.15) is 0 Å². The van der Waals surface area contributed by atoms with Gasteiger partial charge in [-0.3, -0.25) is 0 Å². The standard InChI is InChI=1S/C12H25N/c1-3-4-7-10-13-12-9-6-5-8-11(12)2/h11-13H,3-10H2,1-2H3/t11-,12+/m0/s1. The summed E-state index contributed by atoms with van der Waals surface area (Å²) in [6.45, 7) is 5.91. The highest BCUT2D eigenvalue weighted by Crippen LogP contribution is 2.23. The van der Waals surface area contributed by atoms with E-state index in [1.54, 1.807) is 0 Å². The minimum Gasteiger partial charge on any atom is -0.314 e. The second-order valence-corrected chi connectivity index (χ2v) is 4.53. The maximum atomic E-state index is 3.71. The molecule has 1 fully saturated rings. The molecule has 2 atom stereocenters. The quantitative estimate of drug-likeness (QED) is 0.645. The molecule has 0 saturated heterocycles. The first kappa shape index (κ1) is 11.0. The van der Waals surface area contributed by atoms with Crippen LogP contribution in [0.25, 0.3) is 0 Å². The van der Waals surface area contributed by atoms with Crippen molar-refractivity contribution in [2.45, 2.75) is 64.8 Å². The SMILES string of the molecule is CCCCCN[C@@H]1CCCC[C@@H]1C. The van der Waals surface area contributed by atoms with E-state index in [-0.39, 0.29) is 0 Å².